The topological polar surface area (TPSA) is 201 Å². The number of aliphatic hydroxyl groups excluding tert-OH is 2. The van der Waals surface area contributed by atoms with Crippen LogP contribution in [0.5, 0.6) is 0 Å². The molecule has 362 valence electrons. The molecule has 3 saturated heterocycles. The summed E-state index contributed by atoms with van der Waals surface area (Å²) in [4.78, 5) is 43.2. The fourth-order valence-corrected chi connectivity index (χ4v) is 9.44. The molecular weight excluding hydrogens is 821 g/mol. The molecule has 0 spiro atoms. The van der Waals surface area contributed by atoms with E-state index in [1.807, 2.05) is 52.2 Å². The van der Waals surface area contributed by atoms with Gasteiger partial charge in [-0.25, -0.2) is 0 Å². The zero-order valence-corrected chi connectivity index (χ0v) is 39.6. The molecule has 0 aromatic carbocycles. The van der Waals surface area contributed by atoms with E-state index < -0.39 is 109 Å². The number of hydrogen-bond acceptors (Lipinski definition) is 17. The molecule has 17 heteroatoms. The highest BCUT2D eigenvalue weighted by molar-refractivity contribution is 5.72. The van der Waals surface area contributed by atoms with Crippen LogP contribution in [0.3, 0.4) is 0 Å². The summed E-state index contributed by atoms with van der Waals surface area (Å²) in [6.07, 6.45) is -1.76. The van der Waals surface area contributed by atoms with Crippen LogP contribution < -0.4 is 0 Å². The maximum absolute atomic E-state index is 13.5. The molecule has 4 aliphatic heterocycles. The molecule has 3 fully saturated rings. The minimum Gasteiger partial charge on any atom is -0.462 e. The highest BCUT2D eigenvalue weighted by Gasteiger charge is 2.52. The predicted octanol–water partition coefficient (Wildman–Crippen LogP) is 3.29. The van der Waals surface area contributed by atoms with E-state index in [9.17, 15) is 29.7 Å². The van der Waals surface area contributed by atoms with Crippen molar-refractivity contribution >= 4 is 18.2 Å². The Balaban J connectivity index is 1.74. The summed E-state index contributed by atoms with van der Waals surface area (Å²) < 4.78 is 56.7. The Kier molecular flexibility index (Phi) is 20.6. The van der Waals surface area contributed by atoms with E-state index in [1.165, 1.54) is 14.0 Å². The summed E-state index contributed by atoms with van der Waals surface area (Å²) in [5.74, 6) is -2.12. The Bertz CT molecular complexity index is 1490. The average molecular weight is 899 g/mol. The molecule has 4 heterocycles. The van der Waals surface area contributed by atoms with Crippen molar-refractivity contribution in [1.29, 1.82) is 0 Å². The van der Waals surface area contributed by atoms with Crippen molar-refractivity contribution in [2.75, 3.05) is 35.3 Å². The second kappa shape index (κ2) is 24.4. The first-order valence-corrected chi connectivity index (χ1v) is 22.7. The van der Waals surface area contributed by atoms with E-state index in [2.05, 4.69) is 4.90 Å². The smallest absolute Gasteiger partial charge is 0.309 e. The third-order valence-electron chi connectivity index (χ3n) is 12.9. The van der Waals surface area contributed by atoms with Gasteiger partial charge in [0.25, 0.3) is 0 Å². The first-order valence-electron chi connectivity index (χ1n) is 22.7. The van der Waals surface area contributed by atoms with Crippen molar-refractivity contribution < 1.29 is 72.3 Å². The van der Waals surface area contributed by atoms with Crippen LogP contribution in [0.25, 0.3) is 0 Å². The Labute approximate surface area is 374 Å². The SMILES string of the molecule is CCC(=O)OC1CC(=O)O[C@H](C)C/C=C/C=C\C(O[C@H]2CC[C@H](N(C)C)[C@@H](C)O2)[C@H](C)CC(CC=O)[C@H](O[C@@H]2O[C@H](C)[C@@H](O[C@H]3C[C@@](C)(O)[C@@H](O)[C@H](C)O3)[C@H](N(C)C)[C@H]2O)[C@H]1OC. The molecule has 0 aliphatic carbocycles. The number of esters is 2. The standard InChI is InChI=1S/C46H78N2O15/c1-13-35(50)60-34-24-36(51)56-27(3)17-15-14-16-18-33(61-37-20-19-32(47(8)9)28(4)57-37)26(2)23-31(21-22-49)42(43(34)55-12)63-45-40(52)39(48(10)11)41(29(5)59-45)62-38-25-46(7,54)44(53)30(6)58-38/h14-16,18,22,26-34,37-45,52-54H,13,17,19-21,23-25H2,1-12H3/b15-14+,18-16-/t26-,27-,28-,29-,30+,31?,32+,33?,34?,37+,38+,39-,40-,41-,42+,43+,44+,45+,46-/m1/s1. The zero-order valence-electron chi connectivity index (χ0n) is 39.6. The number of rotatable bonds is 13. The molecule has 3 N–H and O–H groups in total. The van der Waals surface area contributed by atoms with E-state index in [-0.39, 0.29) is 43.7 Å². The van der Waals surface area contributed by atoms with Crippen molar-refractivity contribution in [2.45, 2.75) is 204 Å². The molecule has 17 nitrogen and oxygen atoms in total. The number of aliphatic hydroxyl groups is 3. The Hall–Kier alpha value is -2.39. The van der Waals surface area contributed by atoms with E-state index in [0.717, 1.165) is 12.7 Å². The van der Waals surface area contributed by atoms with Gasteiger partial charge in [0.1, 0.15) is 42.9 Å². The monoisotopic (exact) mass is 899 g/mol. The van der Waals surface area contributed by atoms with Crippen LogP contribution in [0.15, 0.2) is 24.3 Å². The van der Waals surface area contributed by atoms with Crippen molar-refractivity contribution in [3.8, 4) is 0 Å². The van der Waals surface area contributed by atoms with Gasteiger partial charge in [0.05, 0.1) is 48.6 Å². The van der Waals surface area contributed by atoms with Crippen LogP contribution >= 0.6 is 0 Å². The Morgan fingerprint density at radius 1 is 0.905 bits per heavy atom. The molecule has 4 aliphatic rings. The number of allylic oxidation sites excluding steroid dienone is 2. The molecule has 0 saturated carbocycles. The zero-order chi connectivity index (χ0) is 46.8. The van der Waals surface area contributed by atoms with Crippen molar-refractivity contribution in [1.82, 2.24) is 9.80 Å². The lowest BCUT2D eigenvalue weighted by molar-refractivity contribution is -0.344. The van der Waals surface area contributed by atoms with Crippen LogP contribution in [0.2, 0.25) is 0 Å². The lowest BCUT2D eigenvalue weighted by Crippen LogP contribution is -2.65. The summed E-state index contributed by atoms with van der Waals surface area (Å²) in [6.45, 7) is 12.4. The normalized spacial score (nSPS) is 43.5. The minimum absolute atomic E-state index is 0.0117. The van der Waals surface area contributed by atoms with Gasteiger partial charge in [-0.05, 0) is 93.9 Å². The first kappa shape index (κ1) is 53.2. The van der Waals surface area contributed by atoms with Crippen molar-refractivity contribution in [2.24, 2.45) is 11.8 Å². The minimum atomic E-state index is -1.49. The maximum Gasteiger partial charge on any atom is 0.309 e. The van der Waals surface area contributed by atoms with Gasteiger partial charge in [-0.3, -0.25) is 9.59 Å². The van der Waals surface area contributed by atoms with Crippen molar-refractivity contribution in [3.05, 3.63) is 24.3 Å². The van der Waals surface area contributed by atoms with Gasteiger partial charge < -0.3 is 72.5 Å². The number of methoxy groups -OCH3 is 1. The van der Waals surface area contributed by atoms with Crippen LogP contribution in [0, 0.1) is 11.8 Å². The molecular formula is C46H78N2O15. The fourth-order valence-electron chi connectivity index (χ4n) is 9.44. The molecule has 19 atom stereocenters. The summed E-state index contributed by atoms with van der Waals surface area (Å²) in [7, 11) is 9.04. The molecule has 0 aromatic rings. The molecule has 3 unspecified atom stereocenters. The average Bonchev–Trinajstić information content (AvgIpc) is 3.19. The first-order chi connectivity index (χ1) is 29.7. The van der Waals surface area contributed by atoms with Gasteiger partial charge in [0.15, 0.2) is 18.9 Å². The number of carbonyl (C=O) groups excluding carboxylic acids is 3. The maximum atomic E-state index is 13.5. The third-order valence-corrected chi connectivity index (χ3v) is 12.9. The highest BCUT2D eigenvalue weighted by Crippen LogP contribution is 2.38. The summed E-state index contributed by atoms with van der Waals surface area (Å²) in [6, 6.07) is -0.510. The largest absolute Gasteiger partial charge is 0.462 e. The number of ether oxygens (including phenoxy) is 9. The van der Waals surface area contributed by atoms with Gasteiger partial charge in [-0.1, -0.05) is 38.2 Å². The molecule has 63 heavy (non-hydrogen) atoms. The van der Waals surface area contributed by atoms with Gasteiger partial charge in [-0.2, -0.15) is 0 Å². The summed E-state index contributed by atoms with van der Waals surface area (Å²) >= 11 is 0. The number of aldehydes is 1. The van der Waals surface area contributed by atoms with E-state index in [4.69, 9.17) is 42.6 Å². The van der Waals surface area contributed by atoms with Crippen molar-refractivity contribution in [3.63, 3.8) is 0 Å². The van der Waals surface area contributed by atoms with Gasteiger partial charge in [-0.15, -0.1) is 0 Å². The number of carbonyl (C=O) groups is 3. The predicted molar refractivity (Wildman–Crippen MR) is 231 cm³/mol. The Morgan fingerprint density at radius 2 is 1.60 bits per heavy atom. The summed E-state index contributed by atoms with van der Waals surface area (Å²) in [5, 5.41) is 33.7. The van der Waals surface area contributed by atoms with Crippen LogP contribution in [-0.4, -0.2) is 182 Å². The van der Waals surface area contributed by atoms with Crippen LogP contribution in [0.4, 0.5) is 0 Å². The van der Waals surface area contributed by atoms with E-state index >= 15 is 0 Å². The number of nitrogens with zero attached hydrogens (tertiary/aromatic N) is 2. The number of cyclic esters (lactones) is 1. The second-order valence-corrected chi connectivity index (χ2v) is 18.6. The molecule has 4 rings (SSSR count). The van der Waals surface area contributed by atoms with Crippen LogP contribution in [-0.2, 0) is 57.0 Å². The summed E-state index contributed by atoms with van der Waals surface area (Å²) in [5.41, 5.74) is -1.49. The third kappa shape index (κ3) is 14.5. The van der Waals surface area contributed by atoms with Gasteiger partial charge >= 0.3 is 11.9 Å². The quantitative estimate of drug-likeness (QED) is 0.180. The Morgan fingerprint density at radius 3 is 2.21 bits per heavy atom. The number of hydrogen-bond donors (Lipinski definition) is 3. The molecule has 0 radical (unpaired) electrons. The van der Waals surface area contributed by atoms with Gasteiger partial charge in [0.2, 0.25) is 0 Å². The second-order valence-electron chi connectivity index (χ2n) is 18.6. The van der Waals surface area contributed by atoms with Crippen LogP contribution in [0.1, 0.15) is 99.8 Å². The van der Waals surface area contributed by atoms with Gasteiger partial charge in [0, 0.05) is 38.8 Å². The molecule has 0 amide bonds. The number of likely N-dealkylation sites (N-methyl/N-ethyl adjacent to an activating group) is 2. The van der Waals surface area contributed by atoms with E-state index in [1.54, 1.807) is 46.7 Å². The fraction of sp³-hybridized carbons (Fsp3) is 0.848. The van der Waals surface area contributed by atoms with E-state index in [0.29, 0.717) is 19.3 Å². The molecule has 0 bridgehead atoms. The highest BCUT2D eigenvalue weighted by atomic mass is 16.7. The molecule has 0 aromatic heterocycles. The lowest BCUT2D eigenvalue weighted by atomic mass is 9.82. The lowest BCUT2D eigenvalue weighted by Gasteiger charge is -2.50.